The number of aryl methyl sites for hydroxylation is 1. The lowest BCUT2D eigenvalue weighted by Gasteiger charge is -2.38. The SMILES string of the molecule is Cc1cc(C[C@@H](NC(=O)N2CCC(n3c(=O)[nH]c4ccccc43)CC2)C(=O)N2CCC(N3CCCC3)CC2)cc(Cl)c1N. The molecule has 230 valence electrons. The zero-order valence-electron chi connectivity index (χ0n) is 24.9. The number of nitrogens with two attached hydrogens (primary N) is 1. The van der Waals surface area contributed by atoms with Crippen LogP contribution < -0.4 is 16.7 Å². The second kappa shape index (κ2) is 12.6. The minimum atomic E-state index is -0.719. The molecule has 0 spiro atoms. The Morgan fingerprint density at radius 2 is 1.63 bits per heavy atom. The lowest BCUT2D eigenvalue weighted by Crippen LogP contribution is -2.56. The summed E-state index contributed by atoms with van der Waals surface area (Å²) in [4.78, 5) is 49.4. The third-order valence-electron chi connectivity index (χ3n) is 9.61. The number of amides is 3. The molecule has 3 fully saturated rings. The fraction of sp³-hybridized carbons (Fsp3) is 0.531. The number of piperidine rings is 2. The van der Waals surface area contributed by atoms with Gasteiger partial charge in [-0.1, -0.05) is 29.8 Å². The Labute approximate surface area is 257 Å². The number of nitrogen functional groups attached to an aromatic ring is 1. The number of rotatable bonds is 6. The Hall–Kier alpha value is -3.50. The van der Waals surface area contributed by atoms with Crippen LogP contribution in [0.4, 0.5) is 10.5 Å². The maximum Gasteiger partial charge on any atom is 0.326 e. The molecule has 3 aliphatic rings. The zero-order valence-corrected chi connectivity index (χ0v) is 25.6. The number of H-pyrrole nitrogens is 1. The largest absolute Gasteiger partial charge is 0.397 e. The summed E-state index contributed by atoms with van der Waals surface area (Å²) in [6.45, 7) is 6.58. The van der Waals surface area contributed by atoms with Crippen LogP contribution in [0, 0.1) is 6.92 Å². The molecule has 0 aliphatic carbocycles. The van der Waals surface area contributed by atoms with E-state index in [2.05, 4.69) is 15.2 Å². The minimum Gasteiger partial charge on any atom is -0.397 e. The monoisotopic (exact) mass is 607 g/mol. The second-order valence-electron chi connectivity index (χ2n) is 12.3. The number of likely N-dealkylation sites (tertiary alicyclic amines) is 3. The molecular weight excluding hydrogens is 566 g/mol. The van der Waals surface area contributed by atoms with Gasteiger partial charge in [-0.05, 0) is 87.9 Å². The van der Waals surface area contributed by atoms with Gasteiger partial charge in [-0.25, -0.2) is 9.59 Å². The van der Waals surface area contributed by atoms with Gasteiger partial charge in [0.05, 0.1) is 21.7 Å². The number of aromatic nitrogens is 2. The van der Waals surface area contributed by atoms with E-state index >= 15 is 0 Å². The number of imidazole rings is 1. The van der Waals surface area contributed by atoms with Crippen molar-refractivity contribution in [1.82, 2.24) is 29.6 Å². The van der Waals surface area contributed by atoms with Crippen LogP contribution in [0.1, 0.15) is 55.7 Å². The van der Waals surface area contributed by atoms with Crippen molar-refractivity contribution >= 4 is 40.3 Å². The molecule has 4 heterocycles. The molecule has 2 aromatic carbocycles. The number of para-hydroxylation sites is 2. The Bertz CT molecular complexity index is 1510. The predicted octanol–water partition coefficient (Wildman–Crippen LogP) is 3.92. The molecule has 3 aliphatic heterocycles. The zero-order chi connectivity index (χ0) is 30.1. The van der Waals surface area contributed by atoms with Crippen LogP contribution in [0.3, 0.4) is 0 Å². The van der Waals surface area contributed by atoms with E-state index < -0.39 is 6.04 Å². The van der Waals surface area contributed by atoms with E-state index in [9.17, 15) is 14.4 Å². The maximum atomic E-state index is 13.9. The van der Waals surface area contributed by atoms with E-state index in [1.807, 2.05) is 46.7 Å². The normalized spacial score (nSPS) is 19.7. The molecule has 0 bridgehead atoms. The van der Waals surface area contributed by atoms with Crippen molar-refractivity contribution in [1.29, 1.82) is 0 Å². The standard InChI is InChI=1S/C32H42ClN7O3/c1-21-18-22(19-25(33)29(21)34)20-27(30(41)38-14-8-23(9-15-38)37-12-4-5-13-37)36-31(42)39-16-10-24(11-17-39)40-28-7-3-2-6-26(28)35-32(40)43/h2-3,6-7,18-19,23-24,27H,4-5,8-17,20,34H2,1H3,(H,35,43)(H,36,42)/t27-/m1/s1. The molecule has 10 nitrogen and oxygen atoms in total. The first kappa shape index (κ1) is 29.6. The van der Waals surface area contributed by atoms with Crippen molar-refractivity contribution in [3.63, 3.8) is 0 Å². The fourth-order valence-corrected chi connectivity index (χ4v) is 7.45. The average Bonchev–Trinajstić information content (AvgIpc) is 3.67. The van der Waals surface area contributed by atoms with Crippen molar-refractivity contribution in [3.05, 3.63) is 63.0 Å². The van der Waals surface area contributed by atoms with Crippen molar-refractivity contribution in [2.24, 2.45) is 0 Å². The molecule has 3 amide bonds. The van der Waals surface area contributed by atoms with Gasteiger partial charge in [-0.2, -0.15) is 0 Å². The quantitative estimate of drug-likeness (QED) is 0.367. The molecule has 1 aromatic heterocycles. The topological polar surface area (TPSA) is 120 Å². The summed E-state index contributed by atoms with van der Waals surface area (Å²) in [7, 11) is 0. The third kappa shape index (κ3) is 6.26. The molecule has 3 aromatic rings. The number of nitrogens with zero attached hydrogens (tertiary/aromatic N) is 4. The predicted molar refractivity (Wildman–Crippen MR) is 169 cm³/mol. The van der Waals surface area contributed by atoms with Crippen LogP contribution in [0.2, 0.25) is 5.02 Å². The molecular formula is C32H42ClN7O3. The number of carbonyl (C=O) groups is 2. The van der Waals surface area contributed by atoms with Gasteiger partial charge in [0, 0.05) is 44.7 Å². The lowest BCUT2D eigenvalue weighted by atomic mass is 9.99. The van der Waals surface area contributed by atoms with Crippen molar-refractivity contribution in [2.45, 2.75) is 70.0 Å². The summed E-state index contributed by atoms with van der Waals surface area (Å²) >= 11 is 6.39. The number of hydrogen-bond donors (Lipinski definition) is 3. The molecule has 43 heavy (non-hydrogen) atoms. The van der Waals surface area contributed by atoms with Gasteiger partial charge in [-0.3, -0.25) is 9.36 Å². The van der Waals surface area contributed by atoms with E-state index in [0.29, 0.717) is 62.2 Å². The Morgan fingerprint density at radius 1 is 0.977 bits per heavy atom. The van der Waals surface area contributed by atoms with E-state index in [-0.39, 0.29) is 23.7 Å². The number of benzene rings is 2. The highest BCUT2D eigenvalue weighted by Crippen LogP contribution is 2.27. The van der Waals surface area contributed by atoms with E-state index in [4.69, 9.17) is 17.3 Å². The molecule has 1 atom stereocenters. The highest BCUT2D eigenvalue weighted by molar-refractivity contribution is 6.33. The highest BCUT2D eigenvalue weighted by Gasteiger charge is 2.34. The Kier molecular flexibility index (Phi) is 8.68. The first-order valence-corrected chi connectivity index (χ1v) is 16.0. The fourth-order valence-electron chi connectivity index (χ4n) is 7.16. The summed E-state index contributed by atoms with van der Waals surface area (Å²) in [5.41, 5.74) is 9.89. The smallest absolute Gasteiger partial charge is 0.326 e. The van der Waals surface area contributed by atoms with Gasteiger partial charge in [-0.15, -0.1) is 0 Å². The van der Waals surface area contributed by atoms with Gasteiger partial charge in [0.1, 0.15) is 6.04 Å². The molecule has 4 N–H and O–H groups in total. The highest BCUT2D eigenvalue weighted by atomic mass is 35.5. The number of halogens is 1. The summed E-state index contributed by atoms with van der Waals surface area (Å²) < 4.78 is 1.82. The summed E-state index contributed by atoms with van der Waals surface area (Å²) in [5.74, 6) is -0.0564. The molecule has 3 saturated heterocycles. The minimum absolute atomic E-state index is 0.00178. The number of anilines is 1. The van der Waals surface area contributed by atoms with Gasteiger partial charge < -0.3 is 30.7 Å². The average molecular weight is 608 g/mol. The van der Waals surface area contributed by atoms with E-state index in [1.54, 1.807) is 11.0 Å². The lowest BCUT2D eigenvalue weighted by molar-refractivity contribution is -0.134. The Morgan fingerprint density at radius 3 is 2.33 bits per heavy atom. The molecule has 0 unspecified atom stereocenters. The van der Waals surface area contributed by atoms with Gasteiger partial charge in [0.25, 0.3) is 0 Å². The number of aromatic amines is 1. The third-order valence-corrected chi connectivity index (χ3v) is 9.92. The van der Waals surface area contributed by atoms with E-state index in [1.165, 1.54) is 12.8 Å². The summed E-state index contributed by atoms with van der Waals surface area (Å²) in [6.07, 6.45) is 6.08. The number of hydrogen-bond acceptors (Lipinski definition) is 5. The van der Waals surface area contributed by atoms with Gasteiger partial charge >= 0.3 is 11.7 Å². The van der Waals surface area contributed by atoms with Crippen LogP contribution in [-0.4, -0.2) is 87.5 Å². The van der Waals surface area contributed by atoms with Crippen molar-refractivity contribution in [3.8, 4) is 0 Å². The summed E-state index contributed by atoms with van der Waals surface area (Å²) in [6, 6.07) is 11.0. The maximum absolute atomic E-state index is 13.9. The van der Waals surface area contributed by atoms with Crippen molar-refractivity contribution < 1.29 is 9.59 Å². The number of fused-ring (bicyclic) bond motifs is 1. The number of nitrogens with one attached hydrogen (secondary N) is 2. The van der Waals surface area contributed by atoms with Crippen LogP contribution in [0.5, 0.6) is 0 Å². The van der Waals surface area contributed by atoms with Crippen LogP contribution in [0.15, 0.2) is 41.2 Å². The van der Waals surface area contributed by atoms with Gasteiger partial charge in [0.15, 0.2) is 0 Å². The Balaban J connectivity index is 1.13. The number of carbonyl (C=O) groups excluding carboxylic acids is 2. The van der Waals surface area contributed by atoms with Crippen LogP contribution in [-0.2, 0) is 11.2 Å². The van der Waals surface area contributed by atoms with Gasteiger partial charge in [0.2, 0.25) is 5.91 Å². The first-order chi connectivity index (χ1) is 20.8. The van der Waals surface area contributed by atoms with Crippen LogP contribution >= 0.6 is 11.6 Å². The first-order valence-electron chi connectivity index (χ1n) is 15.6. The molecule has 0 saturated carbocycles. The molecule has 11 heteroatoms. The van der Waals surface area contributed by atoms with Crippen LogP contribution in [0.25, 0.3) is 11.0 Å². The van der Waals surface area contributed by atoms with E-state index in [0.717, 1.165) is 48.1 Å². The second-order valence-corrected chi connectivity index (χ2v) is 12.8. The summed E-state index contributed by atoms with van der Waals surface area (Å²) in [5, 5.41) is 3.53. The van der Waals surface area contributed by atoms with Crippen molar-refractivity contribution in [2.75, 3.05) is 45.0 Å². The number of urea groups is 1. The molecule has 0 radical (unpaired) electrons. The molecule has 6 rings (SSSR count).